The van der Waals surface area contributed by atoms with Gasteiger partial charge in [-0.05, 0) is 56.4 Å². The molecule has 0 heterocycles. The van der Waals surface area contributed by atoms with Crippen LogP contribution in [0.25, 0.3) is 0 Å². The van der Waals surface area contributed by atoms with Crippen LogP contribution in [-0.2, 0) is 9.59 Å². The largest absolute Gasteiger partial charge is 0.345 e. The Hall–Kier alpha value is -1.55. The Labute approximate surface area is 131 Å². The molecule has 0 radical (unpaired) electrons. The van der Waals surface area contributed by atoms with E-state index in [9.17, 15) is 9.59 Å². The third kappa shape index (κ3) is 6.17. The van der Waals surface area contributed by atoms with Crippen LogP contribution in [0.2, 0.25) is 5.02 Å². The van der Waals surface area contributed by atoms with Crippen LogP contribution in [0, 0.1) is 12.8 Å². The molecule has 0 aliphatic heterocycles. The molecule has 0 aliphatic carbocycles. The van der Waals surface area contributed by atoms with Crippen LogP contribution in [-0.4, -0.2) is 17.9 Å². The molecule has 0 aliphatic rings. The summed E-state index contributed by atoms with van der Waals surface area (Å²) in [7, 11) is 0. The van der Waals surface area contributed by atoms with Crippen LogP contribution < -0.4 is 10.6 Å². The lowest BCUT2D eigenvalue weighted by Crippen LogP contribution is -2.40. The molecule has 1 unspecified atom stereocenters. The minimum atomic E-state index is -0.656. The van der Waals surface area contributed by atoms with Crippen molar-refractivity contribution in [1.29, 1.82) is 0 Å². The topological polar surface area (TPSA) is 58.2 Å². The number of hydrogen-bond acceptors (Lipinski definition) is 2. The smallest absolute Gasteiger partial charge is 0.313 e. The summed E-state index contributed by atoms with van der Waals surface area (Å²) in [6.07, 6.45) is 1.87. The first-order valence-electron chi connectivity index (χ1n) is 7.17. The van der Waals surface area contributed by atoms with E-state index in [2.05, 4.69) is 24.5 Å². The van der Waals surface area contributed by atoms with Gasteiger partial charge >= 0.3 is 11.8 Å². The van der Waals surface area contributed by atoms with Crippen molar-refractivity contribution in [3.8, 4) is 0 Å². The van der Waals surface area contributed by atoms with Gasteiger partial charge in [0.25, 0.3) is 0 Å². The van der Waals surface area contributed by atoms with Gasteiger partial charge in [-0.25, -0.2) is 0 Å². The number of amides is 2. The van der Waals surface area contributed by atoms with Crippen molar-refractivity contribution in [1.82, 2.24) is 5.32 Å². The Morgan fingerprint density at radius 3 is 2.38 bits per heavy atom. The average Bonchev–Trinajstić information content (AvgIpc) is 2.39. The maximum absolute atomic E-state index is 11.9. The Balaban J connectivity index is 2.53. The van der Waals surface area contributed by atoms with E-state index in [0.29, 0.717) is 16.6 Å². The average molecular weight is 311 g/mol. The highest BCUT2D eigenvalue weighted by molar-refractivity contribution is 6.39. The van der Waals surface area contributed by atoms with Crippen molar-refractivity contribution in [3.05, 3.63) is 28.8 Å². The fraction of sp³-hybridized carbons (Fsp3) is 0.500. The van der Waals surface area contributed by atoms with Gasteiger partial charge in [-0.3, -0.25) is 9.59 Å². The molecule has 4 nitrogen and oxygen atoms in total. The molecule has 1 aromatic carbocycles. The zero-order valence-corrected chi connectivity index (χ0v) is 13.8. The fourth-order valence-corrected chi connectivity index (χ4v) is 2.12. The van der Waals surface area contributed by atoms with Crippen LogP contribution in [0.3, 0.4) is 0 Å². The molecule has 0 bridgehead atoms. The standard InChI is InChI=1S/C16H23ClN2O2/c1-10(2)5-6-12(4)18-15(20)16(21)19-14-8-7-13(17)9-11(14)3/h7-10,12H,5-6H2,1-4H3,(H,18,20)(H,19,21). The monoisotopic (exact) mass is 310 g/mol. The van der Waals surface area contributed by atoms with Crippen LogP contribution in [0.1, 0.15) is 39.2 Å². The Morgan fingerprint density at radius 2 is 1.81 bits per heavy atom. The molecule has 1 aromatic rings. The summed E-state index contributed by atoms with van der Waals surface area (Å²) < 4.78 is 0. The molecule has 1 atom stereocenters. The van der Waals surface area contributed by atoms with Crippen molar-refractivity contribution in [2.24, 2.45) is 5.92 Å². The van der Waals surface area contributed by atoms with Gasteiger partial charge in [-0.15, -0.1) is 0 Å². The van der Waals surface area contributed by atoms with Gasteiger partial charge < -0.3 is 10.6 Å². The highest BCUT2D eigenvalue weighted by Gasteiger charge is 2.17. The summed E-state index contributed by atoms with van der Waals surface area (Å²) in [6, 6.07) is 5.08. The second kappa shape index (κ2) is 8.03. The fourth-order valence-electron chi connectivity index (χ4n) is 1.89. The van der Waals surface area contributed by atoms with Crippen molar-refractivity contribution < 1.29 is 9.59 Å². The van der Waals surface area contributed by atoms with Gasteiger partial charge in [0.15, 0.2) is 0 Å². The molecule has 21 heavy (non-hydrogen) atoms. The zero-order valence-electron chi connectivity index (χ0n) is 13.0. The van der Waals surface area contributed by atoms with Crippen molar-refractivity contribution >= 4 is 29.1 Å². The van der Waals surface area contributed by atoms with Crippen molar-refractivity contribution in [2.75, 3.05) is 5.32 Å². The summed E-state index contributed by atoms with van der Waals surface area (Å²) >= 11 is 5.85. The van der Waals surface area contributed by atoms with E-state index in [1.54, 1.807) is 18.2 Å². The molecule has 0 saturated carbocycles. The first kappa shape index (κ1) is 17.5. The van der Waals surface area contributed by atoms with E-state index < -0.39 is 11.8 Å². The SMILES string of the molecule is Cc1cc(Cl)ccc1NC(=O)C(=O)NC(C)CCC(C)C. The number of halogens is 1. The third-order valence-electron chi connectivity index (χ3n) is 3.20. The van der Waals surface area contributed by atoms with Gasteiger partial charge in [-0.2, -0.15) is 0 Å². The number of benzene rings is 1. The lowest BCUT2D eigenvalue weighted by Gasteiger charge is -2.15. The predicted molar refractivity (Wildman–Crippen MR) is 86.5 cm³/mol. The maximum Gasteiger partial charge on any atom is 0.313 e. The number of nitrogens with one attached hydrogen (secondary N) is 2. The number of rotatable bonds is 5. The van der Waals surface area contributed by atoms with Crippen LogP contribution in [0.4, 0.5) is 5.69 Å². The summed E-state index contributed by atoms with van der Waals surface area (Å²) in [5, 5.41) is 5.90. The van der Waals surface area contributed by atoms with E-state index >= 15 is 0 Å². The van der Waals surface area contributed by atoms with Crippen LogP contribution in [0.15, 0.2) is 18.2 Å². The van der Waals surface area contributed by atoms with Crippen LogP contribution in [0.5, 0.6) is 0 Å². The second-order valence-corrected chi connectivity index (χ2v) is 6.20. The second-order valence-electron chi connectivity index (χ2n) is 5.76. The first-order valence-corrected chi connectivity index (χ1v) is 7.55. The maximum atomic E-state index is 11.9. The summed E-state index contributed by atoms with van der Waals surface area (Å²) in [4.78, 5) is 23.7. The van der Waals surface area contributed by atoms with E-state index in [1.165, 1.54) is 0 Å². The van der Waals surface area contributed by atoms with E-state index in [1.807, 2.05) is 13.8 Å². The Kier molecular flexibility index (Phi) is 6.69. The number of anilines is 1. The van der Waals surface area contributed by atoms with Gasteiger partial charge in [0.2, 0.25) is 0 Å². The van der Waals surface area contributed by atoms with E-state index in [-0.39, 0.29) is 6.04 Å². The summed E-state index contributed by atoms with van der Waals surface area (Å²) in [5.41, 5.74) is 1.41. The number of carbonyl (C=O) groups is 2. The van der Waals surface area contributed by atoms with Crippen molar-refractivity contribution in [2.45, 2.75) is 46.6 Å². The quantitative estimate of drug-likeness (QED) is 0.817. The molecule has 5 heteroatoms. The van der Waals surface area contributed by atoms with E-state index in [0.717, 1.165) is 18.4 Å². The number of hydrogen-bond donors (Lipinski definition) is 2. The zero-order chi connectivity index (χ0) is 16.0. The predicted octanol–water partition coefficient (Wildman–Crippen LogP) is 3.53. The lowest BCUT2D eigenvalue weighted by molar-refractivity contribution is -0.136. The van der Waals surface area contributed by atoms with E-state index in [4.69, 9.17) is 11.6 Å². The molecule has 2 N–H and O–H groups in total. The highest BCUT2D eigenvalue weighted by Crippen LogP contribution is 2.19. The molecule has 0 spiro atoms. The van der Waals surface area contributed by atoms with Gasteiger partial charge in [0, 0.05) is 16.8 Å². The molecular formula is C16H23ClN2O2. The number of carbonyl (C=O) groups excluding carboxylic acids is 2. The molecule has 1 rings (SSSR count). The van der Waals surface area contributed by atoms with Gasteiger partial charge in [-0.1, -0.05) is 25.4 Å². The Morgan fingerprint density at radius 1 is 1.14 bits per heavy atom. The van der Waals surface area contributed by atoms with Crippen LogP contribution >= 0.6 is 11.6 Å². The molecule has 116 valence electrons. The van der Waals surface area contributed by atoms with Crippen molar-refractivity contribution in [3.63, 3.8) is 0 Å². The highest BCUT2D eigenvalue weighted by atomic mass is 35.5. The molecule has 0 fully saturated rings. The summed E-state index contributed by atoms with van der Waals surface area (Å²) in [5.74, 6) is -0.688. The van der Waals surface area contributed by atoms with Gasteiger partial charge in [0.1, 0.15) is 0 Å². The third-order valence-corrected chi connectivity index (χ3v) is 3.43. The molecule has 2 amide bonds. The first-order chi connectivity index (χ1) is 9.79. The lowest BCUT2D eigenvalue weighted by atomic mass is 10.0. The minimum absolute atomic E-state index is 0.0167. The summed E-state index contributed by atoms with van der Waals surface area (Å²) in [6.45, 7) is 7.99. The normalized spacial score (nSPS) is 12.1. The molecule has 0 saturated heterocycles. The van der Waals surface area contributed by atoms with Gasteiger partial charge in [0.05, 0.1) is 0 Å². The molecular weight excluding hydrogens is 288 g/mol. The minimum Gasteiger partial charge on any atom is -0.345 e. The Bertz CT molecular complexity index is 515. The number of aryl methyl sites for hydroxylation is 1. The molecule has 0 aromatic heterocycles.